The molecule has 2 aromatic heterocycles. The van der Waals surface area contributed by atoms with E-state index in [2.05, 4.69) is 27.8 Å². The summed E-state index contributed by atoms with van der Waals surface area (Å²) in [5.41, 5.74) is 3.57. The molecule has 188 valence electrons. The van der Waals surface area contributed by atoms with E-state index in [1.54, 1.807) is 4.57 Å². The van der Waals surface area contributed by atoms with Crippen LogP contribution in [0.25, 0.3) is 10.9 Å². The van der Waals surface area contributed by atoms with E-state index in [1.165, 1.54) is 16.9 Å². The maximum Gasteiger partial charge on any atom is 0.419 e. The van der Waals surface area contributed by atoms with Gasteiger partial charge in [0, 0.05) is 30.4 Å². The number of anilines is 1. The third kappa shape index (κ3) is 5.56. The largest absolute Gasteiger partial charge is 0.443 e. The lowest BCUT2D eigenvalue weighted by Crippen LogP contribution is -2.26. The number of para-hydroxylation sites is 1. The highest BCUT2D eigenvalue weighted by Gasteiger charge is 2.26. The van der Waals surface area contributed by atoms with Crippen molar-refractivity contribution in [3.63, 3.8) is 0 Å². The number of aromatic nitrogens is 1. The monoisotopic (exact) mass is 521 g/mol. The molecular weight excluding hydrogens is 490 g/mol. The maximum absolute atomic E-state index is 12.8. The van der Waals surface area contributed by atoms with Crippen molar-refractivity contribution in [3.05, 3.63) is 83.4 Å². The van der Waals surface area contributed by atoms with Crippen LogP contribution >= 0.6 is 11.3 Å². The molecule has 6 nitrogen and oxygen atoms in total. The Hall–Kier alpha value is -2.94. The van der Waals surface area contributed by atoms with Crippen LogP contribution in [-0.2, 0) is 22.3 Å². The SMILES string of the molecule is CC(C)(C)OC(=O)n1cc(CN2CCC(c3cccc(NS(=O)c4cccs4)c3)C2)c2ccccc21. The molecule has 0 amide bonds. The molecule has 8 heteroatoms. The van der Waals surface area contributed by atoms with Gasteiger partial charge in [-0.05, 0) is 80.4 Å². The van der Waals surface area contributed by atoms with Crippen LogP contribution in [0.4, 0.5) is 10.5 Å². The molecule has 4 aromatic rings. The summed E-state index contributed by atoms with van der Waals surface area (Å²) < 4.78 is 23.8. The first-order valence-corrected chi connectivity index (χ1v) is 14.2. The molecule has 36 heavy (non-hydrogen) atoms. The first-order valence-electron chi connectivity index (χ1n) is 12.1. The van der Waals surface area contributed by atoms with Gasteiger partial charge in [0.15, 0.2) is 11.0 Å². The summed E-state index contributed by atoms with van der Waals surface area (Å²) in [5.74, 6) is 0.404. The minimum Gasteiger partial charge on any atom is -0.443 e. The molecule has 1 aliphatic heterocycles. The number of carbonyl (C=O) groups excluding carboxylic acids is 1. The standard InChI is InChI=1S/C28H31N3O3S2/c1-28(2,3)34-27(32)31-19-22(24-10-4-5-11-25(24)31)18-30-14-13-21(17-30)20-8-6-9-23(16-20)29-36(33)26-12-7-15-35-26/h4-12,15-16,19,21,29H,13-14,17-18H2,1-3H3. The number of thiophene rings is 1. The summed E-state index contributed by atoms with van der Waals surface area (Å²) in [4.78, 5) is 15.3. The van der Waals surface area contributed by atoms with Gasteiger partial charge in [-0.25, -0.2) is 9.00 Å². The van der Waals surface area contributed by atoms with Gasteiger partial charge in [-0.15, -0.1) is 11.3 Å². The highest BCUT2D eigenvalue weighted by molar-refractivity contribution is 7.88. The highest BCUT2D eigenvalue weighted by atomic mass is 32.2. The molecule has 1 fully saturated rings. The van der Waals surface area contributed by atoms with Gasteiger partial charge in [-0.2, -0.15) is 0 Å². The van der Waals surface area contributed by atoms with Crippen molar-refractivity contribution in [3.8, 4) is 0 Å². The number of nitrogens with zero attached hydrogens (tertiary/aromatic N) is 2. The van der Waals surface area contributed by atoms with Crippen LogP contribution in [0.2, 0.25) is 0 Å². The Labute approximate surface area is 218 Å². The number of hydrogen-bond acceptors (Lipinski definition) is 5. The van der Waals surface area contributed by atoms with Crippen LogP contribution in [0, 0.1) is 0 Å². The van der Waals surface area contributed by atoms with Gasteiger partial charge in [-0.1, -0.05) is 36.4 Å². The van der Waals surface area contributed by atoms with E-state index in [0.29, 0.717) is 5.92 Å². The maximum atomic E-state index is 12.8. The van der Waals surface area contributed by atoms with Crippen LogP contribution in [-0.4, -0.2) is 38.5 Å². The van der Waals surface area contributed by atoms with Crippen molar-refractivity contribution in [1.82, 2.24) is 9.47 Å². The summed E-state index contributed by atoms with van der Waals surface area (Å²) >= 11 is 1.49. The minimum absolute atomic E-state index is 0.353. The first-order chi connectivity index (χ1) is 17.3. The number of carbonyl (C=O) groups is 1. The summed E-state index contributed by atoms with van der Waals surface area (Å²) in [5, 5.41) is 3.01. The second-order valence-corrected chi connectivity index (χ2v) is 12.6. The summed E-state index contributed by atoms with van der Waals surface area (Å²) in [6.07, 6.45) is 2.63. The number of nitrogens with one attached hydrogen (secondary N) is 1. The van der Waals surface area contributed by atoms with Gasteiger partial charge in [0.05, 0.1) is 5.52 Å². The highest BCUT2D eigenvalue weighted by Crippen LogP contribution is 2.32. The van der Waals surface area contributed by atoms with Crippen LogP contribution in [0.5, 0.6) is 0 Å². The van der Waals surface area contributed by atoms with Gasteiger partial charge in [0.1, 0.15) is 9.81 Å². The van der Waals surface area contributed by atoms with Crippen molar-refractivity contribution < 1.29 is 13.7 Å². The first kappa shape index (κ1) is 24.7. The molecule has 0 radical (unpaired) electrons. The molecule has 1 N–H and O–H groups in total. The second kappa shape index (κ2) is 10.2. The van der Waals surface area contributed by atoms with Crippen LogP contribution in [0.3, 0.4) is 0 Å². The molecule has 2 aromatic carbocycles. The Morgan fingerprint density at radius 1 is 1.14 bits per heavy atom. The van der Waals surface area contributed by atoms with Crippen LogP contribution in [0.1, 0.15) is 44.2 Å². The number of ether oxygens (including phenoxy) is 1. The van der Waals surface area contributed by atoms with E-state index in [0.717, 1.165) is 52.4 Å². The molecule has 0 aliphatic carbocycles. The molecule has 0 spiro atoms. The van der Waals surface area contributed by atoms with Crippen molar-refractivity contribution in [1.29, 1.82) is 0 Å². The molecule has 0 saturated carbocycles. The van der Waals surface area contributed by atoms with E-state index in [1.807, 2.05) is 74.8 Å². The molecule has 1 saturated heterocycles. The van der Waals surface area contributed by atoms with E-state index in [-0.39, 0.29) is 6.09 Å². The topological polar surface area (TPSA) is 63.6 Å². The lowest BCUT2D eigenvalue weighted by atomic mass is 9.98. The second-order valence-electron chi connectivity index (χ2n) is 10.2. The fourth-order valence-corrected chi connectivity index (χ4v) is 6.44. The zero-order valence-corrected chi connectivity index (χ0v) is 22.4. The Morgan fingerprint density at radius 3 is 2.75 bits per heavy atom. The lowest BCUT2D eigenvalue weighted by Gasteiger charge is -2.19. The van der Waals surface area contributed by atoms with E-state index in [4.69, 9.17) is 4.74 Å². The molecular formula is C28H31N3O3S2. The smallest absolute Gasteiger partial charge is 0.419 e. The Bertz CT molecular complexity index is 1390. The zero-order chi connectivity index (χ0) is 25.3. The number of hydrogen-bond donors (Lipinski definition) is 1. The predicted octanol–water partition coefficient (Wildman–Crippen LogP) is 6.61. The molecule has 2 unspecified atom stereocenters. The number of rotatable bonds is 6. The van der Waals surface area contributed by atoms with Crippen molar-refractivity contribution in [2.45, 2.75) is 49.5 Å². The minimum atomic E-state index is -1.25. The van der Waals surface area contributed by atoms with Gasteiger partial charge in [0.2, 0.25) is 0 Å². The summed E-state index contributed by atoms with van der Waals surface area (Å²) in [6.45, 7) is 8.33. The van der Waals surface area contributed by atoms with Crippen molar-refractivity contribution >= 4 is 45.0 Å². The Balaban J connectivity index is 1.29. The van der Waals surface area contributed by atoms with Crippen molar-refractivity contribution in [2.75, 3.05) is 17.8 Å². The number of likely N-dealkylation sites (tertiary alicyclic amines) is 1. The fourth-order valence-electron chi connectivity index (χ4n) is 4.71. The summed E-state index contributed by atoms with van der Waals surface area (Å²) in [7, 11) is -1.25. The van der Waals surface area contributed by atoms with E-state index >= 15 is 0 Å². The molecule has 0 bridgehead atoms. The third-order valence-electron chi connectivity index (χ3n) is 6.30. The third-order valence-corrected chi connectivity index (χ3v) is 8.62. The Kier molecular flexibility index (Phi) is 7.01. The lowest BCUT2D eigenvalue weighted by molar-refractivity contribution is 0.0544. The zero-order valence-electron chi connectivity index (χ0n) is 20.8. The molecule has 1 aliphatic rings. The number of fused-ring (bicyclic) bond motifs is 1. The number of benzene rings is 2. The average Bonchev–Trinajstić information content (AvgIpc) is 3.59. The van der Waals surface area contributed by atoms with Gasteiger partial charge < -0.3 is 9.46 Å². The van der Waals surface area contributed by atoms with Crippen LogP contribution < -0.4 is 4.72 Å². The van der Waals surface area contributed by atoms with E-state index in [9.17, 15) is 9.00 Å². The average molecular weight is 522 g/mol. The van der Waals surface area contributed by atoms with Gasteiger partial charge >= 0.3 is 6.09 Å². The summed E-state index contributed by atoms with van der Waals surface area (Å²) in [6, 6.07) is 20.1. The van der Waals surface area contributed by atoms with Gasteiger partial charge in [-0.3, -0.25) is 9.47 Å². The fraction of sp³-hybridized carbons (Fsp3) is 0.321. The molecule has 3 heterocycles. The van der Waals surface area contributed by atoms with Crippen molar-refractivity contribution in [2.24, 2.45) is 0 Å². The molecule has 5 rings (SSSR count). The predicted molar refractivity (Wildman–Crippen MR) is 147 cm³/mol. The van der Waals surface area contributed by atoms with Crippen LogP contribution in [0.15, 0.2) is 76.4 Å². The van der Waals surface area contributed by atoms with E-state index < -0.39 is 16.6 Å². The quantitative estimate of drug-likeness (QED) is 0.310. The van der Waals surface area contributed by atoms with Gasteiger partial charge in [0.25, 0.3) is 0 Å². The normalized spacial score (nSPS) is 17.4. The Morgan fingerprint density at radius 2 is 1.97 bits per heavy atom. The molecule has 2 atom stereocenters.